The molecule has 102 valence electrons. The first-order chi connectivity index (χ1) is 9.81. The summed E-state index contributed by atoms with van der Waals surface area (Å²) in [4.78, 5) is 4.53. The van der Waals surface area contributed by atoms with E-state index in [-0.39, 0.29) is 0 Å². The molecule has 2 bridgehead atoms. The van der Waals surface area contributed by atoms with Crippen LogP contribution < -0.4 is 5.32 Å². The molecule has 1 N–H and O–H groups in total. The minimum atomic E-state index is 0.502. The summed E-state index contributed by atoms with van der Waals surface area (Å²) >= 11 is 0. The Morgan fingerprint density at radius 2 is 2.05 bits per heavy atom. The number of hydrogen-bond donors (Lipinski definition) is 1. The largest absolute Gasteiger partial charge is 0.381 e. The van der Waals surface area contributed by atoms with Crippen LogP contribution in [0, 0.1) is 17.8 Å². The van der Waals surface area contributed by atoms with E-state index in [9.17, 15) is 0 Å². The van der Waals surface area contributed by atoms with E-state index in [4.69, 9.17) is 0 Å². The quantitative estimate of drug-likeness (QED) is 0.838. The molecule has 1 heterocycles. The van der Waals surface area contributed by atoms with E-state index in [1.807, 2.05) is 12.3 Å². The zero-order valence-corrected chi connectivity index (χ0v) is 11.8. The van der Waals surface area contributed by atoms with Gasteiger partial charge in [-0.1, -0.05) is 30.4 Å². The van der Waals surface area contributed by atoms with Crippen LogP contribution in [0.3, 0.4) is 0 Å². The number of nitrogens with one attached hydrogen (secondary N) is 1. The van der Waals surface area contributed by atoms with Crippen LogP contribution in [0.2, 0.25) is 0 Å². The lowest BCUT2D eigenvalue weighted by Gasteiger charge is -2.27. The summed E-state index contributed by atoms with van der Waals surface area (Å²) in [5.74, 6) is 2.38. The topological polar surface area (TPSA) is 24.9 Å². The number of fused-ring (bicyclic) bond motifs is 3. The van der Waals surface area contributed by atoms with E-state index < -0.39 is 0 Å². The van der Waals surface area contributed by atoms with Gasteiger partial charge in [0.15, 0.2) is 0 Å². The maximum Gasteiger partial charge on any atom is 0.0933 e. The molecular formula is C18H20N2. The first kappa shape index (κ1) is 12.0. The van der Waals surface area contributed by atoms with Crippen LogP contribution in [0.5, 0.6) is 0 Å². The van der Waals surface area contributed by atoms with Crippen molar-refractivity contribution in [2.24, 2.45) is 17.8 Å². The summed E-state index contributed by atoms with van der Waals surface area (Å²) < 4.78 is 0. The summed E-state index contributed by atoms with van der Waals surface area (Å²) in [6, 6.07) is 11.0. The highest BCUT2D eigenvalue weighted by Crippen LogP contribution is 2.45. The molecule has 0 spiro atoms. The molecular weight excluding hydrogens is 244 g/mol. The Balaban J connectivity index is 1.60. The van der Waals surface area contributed by atoms with Gasteiger partial charge in [-0.25, -0.2) is 0 Å². The Hall–Kier alpha value is -1.83. The highest BCUT2D eigenvalue weighted by molar-refractivity contribution is 5.90. The van der Waals surface area contributed by atoms with Crippen LogP contribution in [0.1, 0.15) is 19.8 Å². The first-order valence-corrected chi connectivity index (χ1v) is 7.60. The Labute approximate surface area is 119 Å². The van der Waals surface area contributed by atoms with Crippen LogP contribution in [0.25, 0.3) is 10.9 Å². The van der Waals surface area contributed by atoms with E-state index >= 15 is 0 Å². The van der Waals surface area contributed by atoms with Crippen molar-refractivity contribution >= 4 is 16.6 Å². The Kier molecular flexibility index (Phi) is 2.76. The van der Waals surface area contributed by atoms with Gasteiger partial charge in [0, 0.05) is 17.6 Å². The maximum atomic E-state index is 4.53. The van der Waals surface area contributed by atoms with E-state index in [1.54, 1.807) is 0 Å². The molecule has 0 aliphatic heterocycles. The fourth-order valence-corrected chi connectivity index (χ4v) is 3.97. The van der Waals surface area contributed by atoms with Gasteiger partial charge in [0.25, 0.3) is 0 Å². The van der Waals surface area contributed by atoms with Crippen LogP contribution in [-0.2, 0) is 0 Å². The van der Waals surface area contributed by atoms with Crippen molar-refractivity contribution < 1.29 is 0 Å². The fraction of sp³-hybridized carbons (Fsp3) is 0.389. The second-order valence-electron chi connectivity index (χ2n) is 6.26. The van der Waals surface area contributed by atoms with Crippen molar-refractivity contribution in [3.05, 3.63) is 48.7 Å². The van der Waals surface area contributed by atoms with Crippen LogP contribution >= 0.6 is 0 Å². The molecule has 20 heavy (non-hydrogen) atoms. The average Bonchev–Trinajstić information content (AvgIpc) is 3.10. The molecule has 1 saturated carbocycles. The number of pyridine rings is 1. The summed E-state index contributed by atoms with van der Waals surface area (Å²) in [6.07, 6.45) is 9.42. The van der Waals surface area contributed by atoms with Gasteiger partial charge in [0.05, 0.1) is 11.2 Å². The molecule has 2 nitrogen and oxygen atoms in total. The molecule has 2 aromatic rings. The zero-order chi connectivity index (χ0) is 13.5. The molecule has 0 radical (unpaired) electrons. The number of aromatic nitrogens is 1. The van der Waals surface area contributed by atoms with Crippen molar-refractivity contribution in [3.63, 3.8) is 0 Å². The predicted molar refractivity (Wildman–Crippen MR) is 83.7 cm³/mol. The van der Waals surface area contributed by atoms with Crippen molar-refractivity contribution in [1.82, 2.24) is 4.98 Å². The minimum Gasteiger partial charge on any atom is -0.381 e. The van der Waals surface area contributed by atoms with Gasteiger partial charge in [-0.2, -0.15) is 0 Å². The minimum absolute atomic E-state index is 0.502. The Bertz CT molecular complexity index is 656. The second-order valence-corrected chi connectivity index (χ2v) is 6.26. The molecule has 1 aromatic heterocycles. The third kappa shape index (κ3) is 1.91. The summed E-state index contributed by atoms with van der Waals surface area (Å²) in [7, 11) is 0. The molecule has 4 atom stereocenters. The molecule has 1 aromatic carbocycles. The molecule has 2 aliphatic rings. The Morgan fingerprint density at radius 3 is 2.85 bits per heavy atom. The fourth-order valence-electron chi connectivity index (χ4n) is 3.97. The van der Waals surface area contributed by atoms with Crippen LogP contribution in [0.4, 0.5) is 5.69 Å². The molecule has 2 heteroatoms. The molecule has 0 saturated heterocycles. The number of allylic oxidation sites excluding steroid dienone is 2. The molecule has 2 aliphatic carbocycles. The number of para-hydroxylation sites is 1. The summed E-state index contributed by atoms with van der Waals surface area (Å²) in [5, 5.41) is 4.92. The van der Waals surface area contributed by atoms with E-state index in [0.717, 1.165) is 23.3 Å². The number of hydrogen-bond acceptors (Lipinski definition) is 2. The van der Waals surface area contributed by atoms with Gasteiger partial charge in [-0.15, -0.1) is 0 Å². The van der Waals surface area contributed by atoms with Crippen molar-refractivity contribution in [2.75, 3.05) is 5.32 Å². The number of benzene rings is 1. The molecule has 4 rings (SSSR count). The van der Waals surface area contributed by atoms with Gasteiger partial charge in [-0.3, -0.25) is 4.98 Å². The monoisotopic (exact) mass is 264 g/mol. The standard InChI is InChI=1S/C18H20N2/c1-12(16-11-13-7-8-15(16)10-13)20-17-6-2-4-14-5-3-9-19-18(14)17/h2-9,12-13,15-16,20H,10-11H2,1H3. The van der Waals surface area contributed by atoms with Crippen LogP contribution in [-0.4, -0.2) is 11.0 Å². The molecule has 4 unspecified atom stereocenters. The smallest absolute Gasteiger partial charge is 0.0933 e. The zero-order valence-electron chi connectivity index (χ0n) is 11.8. The van der Waals surface area contributed by atoms with Crippen molar-refractivity contribution in [2.45, 2.75) is 25.8 Å². The van der Waals surface area contributed by atoms with Gasteiger partial charge in [0.2, 0.25) is 0 Å². The third-order valence-electron chi connectivity index (χ3n) is 4.99. The maximum absolute atomic E-state index is 4.53. The summed E-state index contributed by atoms with van der Waals surface area (Å²) in [5.41, 5.74) is 2.25. The van der Waals surface area contributed by atoms with E-state index in [1.165, 1.54) is 23.9 Å². The van der Waals surface area contributed by atoms with Gasteiger partial charge in [0.1, 0.15) is 0 Å². The van der Waals surface area contributed by atoms with E-state index in [2.05, 4.69) is 53.6 Å². The van der Waals surface area contributed by atoms with Gasteiger partial charge in [-0.05, 0) is 49.7 Å². The second kappa shape index (κ2) is 4.62. The van der Waals surface area contributed by atoms with Gasteiger partial charge < -0.3 is 5.32 Å². The van der Waals surface area contributed by atoms with Crippen molar-refractivity contribution in [3.8, 4) is 0 Å². The Morgan fingerprint density at radius 1 is 1.15 bits per heavy atom. The highest BCUT2D eigenvalue weighted by atomic mass is 14.9. The lowest BCUT2D eigenvalue weighted by atomic mass is 9.87. The number of rotatable bonds is 3. The third-order valence-corrected chi connectivity index (χ3v) is 4.99. The van der Waals surface area contributed by atoms with Crippen LogP contribution in [0.15, 0.2) is 48.7 Å². The first-order valence-electron chi connectivity index (χ1n) is 7.60. The summed E-state index contributed by atoms with van der Waals surface area (Å²) in [6.45, 7) is 2.32. The lowest BCUT2D eigenvalue weighted by molar-refractivity contribution is 0.400. The highest BCUT2D eigenvalue weighted by Gasteiger charge is 2.38. The predicted octanol–water partition coefficient (Wildman–Crippen LogP) is 4.25. The number of nitrogens with zero attached hydrogens (tertiary/aromatic N) is 1. The van der Waals surface area contributed by atoms with Gasteiger partial charge >= 0.3 is 0 Å². The molecule has 1 fully saturated rings. The SMILES string of the molecule is CC(Nc1cccc2cccnc12)C1CC2C=CC1C2. The van der Waals surface area contributed by atoms with Crippen molar-refractivity contribution in [1.29, 1.82) is 0 Å². The number of anilines is 1. The van der Waals surface area contributed by atoms with E-state index in [0.29, 0.717) is 6.04 Å². The molecule has 0 amide bonds. The lowest BCUT2D eigenvalue weighted by Crippen LogP contribution is -2.28. The normalized spacial score (nSPS) is 28.9. The average molecular weight is 264 g/mol.